The monoisotopic (exact) mass is 277 g/mol. The molecule has 2 unspecified atom stereocenters. The molecule has 0 aliphatic carbocycles. The van der Waals surface area contributed by atoms with Gasteiger partial charge < -0.3 is 9.73 Å². The van der Waals surface area contributed by atoms with Gasteiger partial charge in [-0.05, 0) is 57.0 Å². The number of halogens is 1. The smallest absolute Gasteiger partial charge is 0.120 e. The number of hydrogen-bond acceptors (Lipinski definition) is 2. The molecule has 1 heterocycles. The number of rotatable bonds is 5. The molecule has 2 atom stereocenters. The summed E-state index contributed by atoms with van der Waals surface area (Å²) < 4.78 is 5.63. The first-order valence-electron chi connectivity index (χ1n) is 6.61. The van der Waals surface area contributed by atoms with Crippen LogP contribution in [-0.2, 0) is 6.42 Å². The molecule has 0 amide bonds. The molecule has 0 aliphatic rings. The molecular weight excluding hydrogens is 258 g/mol. The van der Waals surface area contributed by atoms with Crippen molar-refractivity contribution in [1.29, 1.82) is 0 Å². The largest absolute Gasteiger partial charge is 0.465 e. The summed E-state index contributed by atoms with van der Waals surface area (Å²) in [6.07, 6.45) is 0.949. The summed E-state index contributed by atoms with van der Waals surface area (Å²) in [7, 11) is 0. The van der Waals surface area contributed by atoms with E-state index in [9.17, 15) is 0 Å². The first-order chi connectivity index (χ1) is 9.04. The van der Waals surface area contributed by atoms with Crippen LogP contribution in [0.2, 0.25) is 5.02 Å². The van der Waals surface area contributed by atoms with Gasteiger partial charge in [0.1, 0.15) is 11.5 Å². The van der Waals surface area contributed by atoms with Gasteiger partial charge in [-0.1, -0.05) is 23.7 Å². The van der Waals surface area contributed by atoms with Gasteiger partial charge in [0.2, 0.25) is 0 Å². The first kappa shape index (κ1) is 14.2. The predicted octanol–water partition coefficient (Wildman–Crippen LogP) is 4.52. The number of benzene rings is 1. The minimum absolute atomic E-state index is 0.211. The van der Waals surface area contributed by atoms with Crippen molar-refractivity contribution in [3.05, 3.63) is 58.5 Å². The van der Waals surface area contributed by atoms with Gasteiger partial charge in [-0.15, -0.1) is 0 Å². The first-order valence-corrected chi connectivity index (χ1v) is 6.99. The summed E-state index contributed by atoms with van der Waals surface area (Å²) in [6, 6.07) is 12.6. The lowest BCUT2D eigenvalue weighted by molar-refractivity contribution is 0.387. The molecule has 0 aliphatic heterocycles. The Morgan fingerprint density at radius 2 is 2.00 bits per heavy atom. The molecule has 0 fully saturated rings. The SMILES string of the molecule is Cc1ccc(C(C)NC(C)Cc2cccc(Cl)c2)o1. The average Bonchev–Trinajstić information content (AvgIpc) is 2.75. The number of aryl methyl sites for hydroxylation is 1. The zero-order valence-electron chi connectivity index (χ0n) is 11.6. The van der Waals surface area contributed by atoms with E-state index in [1.807, 2.05) is 37.3 Å². The summed E-state index contributed by atoms with van der Waals surface area (Å²) in [6.45, 7) is 6.26. The highest BCUT2D eigenvalue weighted by atomic mass is 35.5. The second-order valence-corrected chi connectivity index (χ2v) is 5.51. The quantitative estimate of drug-likeness (QED) is 0.869. The van der Waals surface area contributed by atoms with Gasteiger partial charge in [-0.2, -0.15) is 0 Å². The molecule has 1 aromatic carbocycles. The fourth-order valence-corrected chi connectivity index (χ4v) is 2.48. The maximum absolute atomic E-state index is 6.00. The van der Waals surface area contributed by atoms with E-state index in [1.165, 1.54) is 5.56 Å². The maximum atomic E-state index is 6.00. The molecule has 2 aromatic rings. The van der Waals surface area contributed by atoms with Crippen molar-refractivity contribution in [2.75, 3.05) is 0 Å². The summed E-state index contributed by atoms with van der Waals surface area (Å²) in [5, 5.41) is 4.33. The Labute approximate surface area is 119 Å². The summed E-state index contributed by atoms with van der Waals surface area (Å²) in [4.78, 5) is 0. The second kappa shape index (κ2) is 6.27. The Hall–Kier alpha value is -1.25. The molecule has 0 radical (unpaired) electrons. The van der Waals surface area contributed by atoms with Crippen molar-refractivity contribution in [3.63, 3.8) is 0 Å². The van der Waals surface area contributed by atoms with Crippen molar-refractivity contribution in [1.82, 2.24) is 5.32 Å². The van der Waals surface area contributed by atoms with Crippen LogP contribution in [0.25, 0.3) is 0 Å². The Balaban J connectivity index is 1.92. The molecular formula is C16H20ClNO. The molecule has 1 N–H and O–H groups in total. The molecule has 19 heavy (non-hydrogen) atoms. The summed E-state index contributed by atoms with van der Waals surface area (Å²) in [5.74, 6) is 1.93. The van der Waals surface area contributed by atoms with Gasteiger partial charge in [0.05, 0.1) is 6.04 Å². The molecule has 0 saturated heterocycles. The molecule has 0 saturated carbocycles. The van der Waals surface area contributed by atoms with E-state index in [1.54, 1.807) is 0 Å². The second-order valence-electron chi connectivity index (χ2n) is 5.07. The number of nitrogens with one attached hydrogen (secondary N) is 1. The van der Waals surface area contributed by atoms with Crippen molar-refractivity contribution in [2.45, 2.75) is 39.3 Å². The number of furan rings is 1. The summed E-state index contributed by atoms with van der Waals surface area (Å²) >= 11 is 6.00. The molecule has 102 valence electrons. The van der Waals surface area contributed by atoms with E-state index < -0.39 is 0 Å². The molecule has 3 heteroatoms. The van der Waals surface area contributed by atoms with Crippen LogP contribution in [0, 0.1) is 6.92 Å². The third kappa shape index (κ3) is 4.12. The van der Waals surface area contributed by atoms with Crippen LogP contribution in [0.5, 0.6) is 0 Å². The van der Waals surface area contributed by atoms with Crippen LogP contribution in [0.4, 0.5) is 0 Å². The minimum Gasteiger partial charge on any atom is -0.465 e. The Kier molecular flexibility index (Phi) is 4.67. The molecule has 0 bridgehead atoms. The van der Waals surface area contributed by atoms with Gasteiger partial charge in [-0.3, -0.25) is 0 Å². The molecule has 2 nitrogen and oxygen atoms in total. The van der Waals surface area contributed by atoms with Crippen molar-refractivity contribution in [3.8, 4) is 0 Å². The normalized spacial score (nSPS) is 14.3. The zero-order valence-corrected chi connectivity index (χ0v) is 12.4. The molecule has 1 aromatic heterocycles. The van der Waals surface area contributed by atoms with Crippen LogP contribution in [0.15, 0.2) is 40.8 Å². The lowest BCUT2D eigenvalue weighted by Gasteiger charge is -2.18. The van der Waals surface area contributed by atoms with Crippen molar-refractivity contribution in [2.24, 2.45) is 0 Å². The lowest BCUT2D eigenvalue weighted by Crippen LogP contribution is -2.30. The standard InChI is InChI=1S/C16H20ClNO/c1-11(9-14-5-4-6-15(17)10-14)18-13(3)16-8-7-12(2)19-16/h4-8,10-11,13,18H,9H2,1-3H3. The van der Waals surface area contributed by atoms with Crippen molar-refractivity contribution < 1.29 is 4.42 Å². The van der Waals surface area contributed by atoms with Gasteiger partial charge >= 0.3 is 0 Å². The van der Waals surface area contributed by atoms with Crippen LogP contribution in [0.1, 0.15) is 37.0 Å². The van der Waals surface area contributed by atoms with Gasteiger partial charge in [0.25, 0.3) is 0 Å². The van der Waals surface area contributed by atoms with Gasteiger partial charge in [0, 0.05) is 11.1 Å². The highest BCUT2D eigenvalue weighted by Gasteiger charge is 2.12. The maximum Gasteiger partial charge on any atom is 0.120 e. The molecule has 2 rings (SSSR count). The topological polar surface area (TPSA) is 25.2 Å². The zero-order chi connectivity index (χ0) is 13.8. The Morgan fingerprint density at radius 3 is 2.63 bits per heavy atom. The molecule has 0 spiro atoms. The minimum atomic E-state index is 0.211. The average molecular weight is 278 g/mol. The van der Waals surface area contributed by atoms with Crippen molar-refractivity contribution >= 4 is 11.6 Å². The third-order valence-electron chi connectivity index (χ3n) is 3.15. The third-order valence-corrected chi connectivity index (χ3v) is 3.39. The highest BCUT2D eigenvalue weighted by molar-refractivity contribution is 6.30. The van der Waals surface area contributed by atoms with Crippen LogP contribution in [0.3, 0.4) is 0 Å². The van der Waals surface area contributed by atoms with Crippen LogP contribution >= 0.6 is 11.6 Å². The van der Waals surface area contributed by atoms with Gasteiger partial charge in [0.15, 0.2) is 0 Å². The van der Waals surface area contributed by atoms with Gasteiger partial charge in [-0.25, -0.2) is 0 Å². The number of hydrogen-bond donors (Lipinski definition) is 1. The predicted molar refractivity (Wildman–Crippen MR) is 79.6 cm³/mol. The van der Waals surface area contributed by atoms with E-state index in [2.05, 4.69) is 25.2 Å². The van der Waals surface area contributed by atoms with Crippen LogP contribution < -0.4 is 5.32 Å². The van der Waals surface area contributed by atoms with E-state index in [-0.39, 0.29) is 6.04 Å². The van der Waals surface area contributed by atoms with E-state index in [0.29, 0.717) is 6.04 Å². The van der Waals surface area contributed by atoms with E-state index in [0.717, 1.165) is 23.0 Å². The lowest BCUT2D eigenvalue weighted by atomic mass is 10.1. The van der Waals surface area contributed by atoms with E-state index in [4.69, 9.17) is 16.0 Å². The van der Waals surface area contributed by atoms with E-state index >= 15 is 0 Å². The fraction of sp³-hybridized carbons (Fsp3) is 0.375. The summed E-state index contributed by atoms with van der Waals surface area (Å²) in [5.41, 5.74) is 1.25. The van der Waals surface area contributed by atoms with Crippen LogP contribution in [-0.4, -0.2) is 6.04 Å². The Bertz CT molecular complexity index is 535. The Morgan fingerprint density at radius 1 is 1.21 bits per heavy atom. The highest BCUT2D eigenvalue weighted by Crippen LogP contribution is 2.17. The fourth-order valence-electron chi connectivity index (χ4n) is 2.27.